The highest BCUT2D eigenvalue weighted by atomic mass is 16.6. The van der Waals surface area contributed by atoms with Gasteiger partial charge >= 0.3 is 5.97 Å². The van der Waals surface area contributed by atoms with Crippen LogP contribution in [0.3, 0.4) is 0 Å². The SMILES string of the molecule is CC(C)(C)OC(=O)CC[C@H](NC(=O)CN1C(=O)C=CC1=O)C(=O)NCCOCCOCCOCCOCCOCCOCCOCCOCCC(=O)N[C@@H](CCC(=O)NC[C@H](O)[C@@H](O)[C@H](O)[C@H](O)CO)C(=O)NC[C@H](O)[C@@H](O)[C@H](O)[C@H](O)CO. The minimum Gasteiger partial charge on any atom is -0.460 e. The van der Waals surface area contributed by atoms with E-state index in [2.05, 4.69) is 26.6 Å². The first kappa shape index (κ1) is 77.0. The van der Waals surface area contributed by atoms with Gasteiger partial charge in [0.1, 0.15) is 60.9 Å². The van der Waals surface area contributed by atoms with Crippen molar-refractivity contribution in [2.45, 2.75) is 119 Å². The summed E-state index contributed by atoms with van der Waals surface area (Å²) in [5.41, 5.74) is -0.749. The van der Waals surface area contributed by atoms with Crippen molar-refractivity contribution in [1.29, 1.82) is 0 Å². The molecule has 33 nitrogen and oxygen atoms in total. The molecule has 1 aliphatic rings. The number of carbonyl (C=O) groups excluding carboxylic acids is 8. The van der Waals surface area contributed by atoms with Crippen LogP contribution in [0.5, 0.6) is 0 Å². The van der Waals surface area contributed by atoms with Crippen molar-refractivity contribution in [1.82, 2.24) is 31.5 Å². The van der Waals surface area contributed by atoms with Crippen molar-refractivity contribution in [3.05, 3.63) is 12.2 Å². The quantitative estimate of drug-likeness (QED) is 0.0153. The van der Waals surface area contributed by atoms with E-state index in [0.29, 0.717) is 52.9 Å². The number of aliphatic hydroxyl groups is 10. The lowest BCUT2D eigenvalue weighted by Crippen LogP contribution is -2.53. The lowest BCUT2D eigenvalue weighted by atomic mass is 10.0. The molecular weight excluding hydrogens is 1130 g/mol. The highest BCUT2D eigenvalue weighted by molar-refractivity contribution is 6.14. The molecule has 84 heavy (non-hydrogen) atoms. The zero-order valence-corrected chi connectivity index (χ0v) is 47.9. The van der Waals surface area contributed by atoms with Gasteiger partial charge in [-0.3, -0.25) is 43.3 Å². The summed E-state index contributed by atoms with van der Waals surface area (Å²) in [4.78, 5) is 100. The van der Waals surface area contributed by atoms with Gasteiger partial charge in [-0.1, -0.05) is 0 Å². The Morgan fingerprint density at radius 2 is 0.810 bits per heavy atom. The molecule has 0 spiro atoms. The van der Waals surface area contributed by atoms with Crippen LogP contribution in [0.2, 0.25) is 0 Å². The van der Waals surface area contributed by atoms with E-state index in [1.807, 2.05) is 0 Å². The number of ether oxygens (including phenoxy) is 9. The monoisotopic (exact) mass is 1220 g/mol. The lowest BCUT2D eigenvalue weighted by Gasteiger charge is -2.26. The van der Waals surface area contributed by atoms with Crippen LogP contribution in [0.1, 0.15) is 52.9 Å². The predicted molar refractivity (Wildman–Crippen MR) is 286 cm³/mol. The van der Waals surface area contributed by atoms with Gasteiger partial charge in [-0.2, -0.15) is 0 Å². The molecule has 0 aromatic carbocycles. The lowest BCUT2D eigenvalue weighted by molar-refractivity contribution is -0.155. The Morgan fingerprint density at radius 3 is 1.23 bits per heavy atom. The van der Waals surface area contributed by atoms with E-state index in [-0.39, 0.29) is 85.1 Å². The molecule has 1 heterocycles. The van der Waals surface area contributed by atoms with Crippen LogP contribution < -0.4 is 26.6 Å². The minimum absolute atomic E-state index is 0.0840. The Morgan fingerprint density at radius 1 is 0.452 bits per heavy atom. The minimum atomic E-state index is -2.00. The van der Waals surface area contributed by atoms with Gasteiger partial charge in [-0.15, -0.1) is 0 Å². The van der Waals surface area contributed by atoms with Crippen LogP contribution in [0.4, 0.5) is 0 Å². The number of nitrogens with one attached hydrogen (secondary N) is 5. The maximum atomic E-state index is 13.0. The molecule has 0 fully saturated rings. The summed E-state index contributed by atoms with van der Waals surface area (Å²) < 4.78 is 49.0. The van der Waals surface area contributed by atoms with Crippen molar-refractivity contribution in [3.8, 4) is 0 Å². The number of amides is 7. The van der Waals surface area contributed by atoms with Crippen LogP contribution in [-0.2, 0) is 81.0 Å². The van der Waals surface area contributed by atoms with E-state index in [1.165, 1.54) is 0 Å². The number of hydrogen-bond acceptors (Lipinski definition) is 27. The van der Waals surface area contributed by atoms with E-state index in [1.54, 1.807) is 20.8 Å². The Labute approximate surface area is 486 Å². The van der Waals surface area contributed by atoms with Crippen LogP contribution in [-0.4, -0.2) is 315 Å². The fraction of sp³-hybridized carbons (Fsp3) is 0.804. The summed E-state index contributed by atoms with van der Waals surface area (Å²) in [7, 11) is 0. The van der Waals surface area contributed by atoms with Gasteiger partial charge in [0.25, 0.3) is 11.8 Å². The largest absolute Gasteiger partial charge is 0.460 e. The van der Waals surface area contributed by atoms with Crippen molar-refractivity contribution in [2.24, 2.45) is 0 Å². The molecule has 1 aliphatic heterocycles. The molecule has 0 bridgehead atoms. The molecule has 0 saturated heterocycles. The fourth-order valence-electron chi connectivity index (χ4n) is 6.88. The number of aliphatic hydroxyl groups excluding tert-OH is 10. The third-order valence-electron chi connectivity index (χ3n) is 11.5. The Hall–Kier alpha value is -5.02. The molecule has 0 aromatic rings. The molecular formula is C51H90N6O27. The van der Waals surface area contributed by atoms with Gasteiger partial charge in [0.2, 0.25) is 29.5 Å². The fourth-order valence-corrected chi connectivity index (χ4v) is 6.88. The second-order valence-corrected chi connectivity index (χ2v) is 19.6. The second kappa shape index (κ2) is 45.3. The third-order valence-corrected chi connectivity index (χ3v) is 11.5. The molecule has 486 valence electrons. The van der Waals surface area contributed by atoms with E-state index in [0.717, 1.165) is 17.1 Å². The topological polar surface area (TPSA) is 485 Å². The summed E-state index contributed by atoms with van der Waals surface area (Å²) in [5, 5.41) is 109. The first-order valence-corrected chi connectivity index (χ1v) is 27.4. The Bertz CT molecular complexity index is 1920. The van der Waals surface area contributed by atoms with Crippen molar-refractivity contribution in [2.75, 3.05) is 145 Å². The zero-order valence-electron chi connectivity index (χ0n) is 47.9. The van der Waals surface area contributed by atoms with E-state index in [9.17, 15) is 79.2 Å². The zero-order chi connectivity index (χ0) is 62.9. The van der Waals surface area contributed by atoms with Crippen molar-refractivity contribution < 1.29 is 132 Å². The molecule has 10 atom stereocenters. The molecule has 0 saturated carbocycles. The highest BCUT2D eigenvalue weighted by Crippen LogP contribution is 2.12. The van der Waals surface area contributed by atoms with Gasteiger partial charge in [-0.25, -0.2) is 0 Å². The van der Waals surface area contributed by atoms with Gasteiger partial charge < -0.3 is 120 Å². The van der Waals surface area contributed by atoms with E-state index in [4.69, 9.17) is 52.8 Å². The average Bonchev–Trinajstić information content (AvgIpc) is 3.81. The first-order chi connectivity index (χ1) is 39.9. The first-order valence-electron chi connectivity index (χ1n) is 27.4. The smallest absolute Gasteiger partial charge is 0.306 e. The van der Waals surface area contributed by atoms with E-state index < -0.39 is 153 Å². The number of esters is 1. The number of hydrogen-bond donors (Lipinski definition) is 15. The number of carbonyl (C=O) groups is 8. The maximum Gasteiger partial charge on any atom is 0.306 e. The van der Waals surface area contributed by atoms with Crippen molar-refractivity contribution >= 4 is 47.3 Å². The van der Waals surface area contributed by atoms with Crippen LogP contribution in [0.15, 0.2) is 12.2 Å². The standard InChI is InChI=1S/C51H90N6O27/c1-51(2,3)84-44(69)9-5-34(56-41(66)30-57-42(67)7-8-43(57)68)49(74)52-11-13-77-15-17-79-19-21-81-23-25-83-27-26-82-24-22-80-20-18-78-16-14-76-12-10-40(65)55-33(50(75)54-29-36(61)46(71)48(73)38(63)32-59)4-6-39(64)53-28-35(60)45(70)47(72)37(62)31-58/h7-8,33-38,45-48,58-63,70-73H,4-6,9-32H2,1-3H3,(H,52,74)(H,53,64)(H,54,75)(H,55,65)(H,56,66)/t33-,34-,35-,36-,37+,38+,45+,46+,47+,48+/m0/s1. The molecule has 15 N–H and O–H groups in total. The molecule has 0 unspecified atom stereocenters. The molecule has 33 heteroatoms. The average molecular weight is 1220 g/mol. The summed E-state index contributed by atoms with van der Waals surface area (Å²) >= 11 is 0. The van der Waals surface area contributed by atoms with Gasteiger partial charge in [0.15, 0.2) is 0 Å². The molecule has 0 radical (unpaired) electrons. The van der Waals surface area contributed by atoms with Gasteiger partial charge in [0, 0.05) is 51.0 Å². The highest BCUT2D eigenvalue weighted by Gasteiger charge is 2.33. The van der Waals surface area contributed by atoms with Gasteiger partial charge in [-0.05, 0) is 33.6 Å². The van der Waals surface area contributed by atoms with Crippen LogP contribution in [0, 0.1) is 0 Å². The molecule has 1 rings (SSSR count). The van der Waals surface area contributed by atoms with Gasteiger partial charge in [0.05, 0.1) is 131 Å². The van der Waals surface area contributed by atoms with Crippen molar-refractivity contribution in [3.63, 3.8) is 0 Å². The van der Waals surface area contributed by atoms with Crippen LogP contribution >= 0.6 is 0 Å². The van der Waals surface area contributed by atoms with E-state index >= 15 is 0 Å². The summed E-state index contributed by atoms with van der Waals surface area (Å²) in [5.74, 6) is -5.62. The predicted octanol–water partition coefficient (Wildman–Crippen LogP) is -8.47. The Kier molecular flexibility index (Phi) is 41.5. The van der Waals surface area contributed by atoms with Crippen LogP contribution in [0.25, 0.3) is 0 Å². The number of nitrogens with zero attached hydrogens (tertiary/aromatic N) is 1. The molecule has 0 aromatic heterocycles. The second-order valence-electron chi connectivity index (χ2n) is 19.6. The summed E-state index contributed by atoms with van der Waals surface area (Å²) in [6, 6.07) is -2.56. The normalized spacial score (nSPS) is 16.2. The molecule has 0 aliphatic carbocycles. The number of rotatable bonds is 51. The summed E-state index contributed by atoms with van der Waals surface area (Å²) in [6.45, 7) is 5.26. The third kappa shape index (κ3) is 36.1. The number of imide groups is 1. The summed E-state index contributed by atoms with van der Waals surface area (Å²) in [6.07, 6.45) is -14.2. The maximum absolute atomic E-state index is 13.0. The Balaban J connectivity index is 2.17. The molecule has 7 amide bonds.